The van der Waals surface area contributed by atoms with Crippen molar-refractivity contribution >= 4 is 44.4 Å². The van der Waals surface area contributed by atoms with E-state index in [9.17, 15) is 4.79 Å². The van der Waals surface area contributed by atoms with E-state index in [0.717, 1.165) is 48.0 Å². The minimum atomic E-state index is -0.707. The molecular weight excluding hydrogens is 446 g/mol. The van der Waals surface area contributed by atoms with E-state index in [1.54, 1.807) is 28.0 Å². The molecule has 32 heavy (non-hydrogen) atoms. The summed E-state index contributed by atoms with van der Waals surface area (Å²) in [7, 11) is 0. The Morgan fingerprint density at radius 3 is 2.81 bits per heavy atom. The number of thiazole rings is 1. The maximum atomic E-state index is 13.7. The highest BCUT2D eigenvalue weighted by Gasteiger charge is 2.33. The van der Waals surface area contributed by atoms with Gasteiger partial charge in [0.15, 0.2) is 16.6 Å². The molecule has 3 aromatic rings. The zero-order chi connectivity index (χ0) is 21.9. The van der Waals surface area contributed by atoms with E-state index >= 15 is 0 Å². The molecule has 7 nitrogen and oxygen atoms in total. The van der Waals surface area contributed by atoms with Crippen LogP contribution in [0.2, 0.25) is 0 Å². The Bertz CT molecular complexity index is 1100. The van der Waals surface area contributed by atoms with E-state index in [0.29, 0.717) is 23.2 Å². The molecule has 9 heteroatoms. The third kappa shape index (κ3) is 4.43. The highest BCUT2D eigenvalue weighted by atomic mass is 32.2. The number of nitrogens with zero attached hydrogens (tertiary/aromatic N) is 3. The molecule has 0 N–H and O–H groups in total. The molecule has 0 radical (unpaired) electrons. The van der Waals surface area contributed by atoms with Crippen LogP contribution in [0.3, 0.4) is 0 Å². The third-order valence-corrected chi connectivity index (χ3v) is 7.43. The van der Waals surface area contributed by atoms with E-state index in [1.165, 1.54) is 0 Å². The van der Waals surface area contributed by atoms with Gasteiger partial charge in [0.25, 0.3) is 5.91 Å². The summed E-state index contributed by atoms with van der Waals surface area (Å²) >= 11 is 3.20. The summed E-state index contributed by atoms with van der Waals surface area (Å²) in [4.78, 5) is 23.7. The Hall–Kier alpha value is -2.33. The number of amides is 1. The Balaban J connectivity index is 1.42. The second-order valence-corrected chi connectivity index (χ2v) is 9.47. The van der Waals surface area contributed by atoms with Crippen molar-refractivity contribution < 1.29 is 19.0 Å². The number of hydrogen-bond acceptors (Lipinski definition) is 8. The van der Waals surface area contributed by atoms with Gasteiger partial charge in [0, 0.05) is 31.1 Å². The van der Waals surface area contributed by atoms with Crippen LogP contribution in [0.1, 0.15) is 0 Å². The fourth-order valence-electron chi connectivity index (χ4n) is 3.87. The monoisotopic (exact) mass is 471 g/mol. The van der Waals surface area contributed by atoms with Crippen molar-refractivity contribution in [1.82, 2.24) is 9.88 Å². The normalized spacial score (nSPS) is 18.6. The number of aromatic nitrogens is 1. The van der Waals surface area contributed by atoms with E-state index in [1.807, 2.05) is 36.6 Å². The summed E-state index contributed by atoms with van der Waals surface area (Å²) in [5, 5.41) is 0.696. The second-order valence-electron chi connectivity index (χ2n) is 7.61. The lowest BCUT2D eigenvalue weighted by atomic mass is 10.2. The first-order valence-electron chi connectivity index (χ1n) is 10.7. The molecule has 168 valence electrons. The van der Waals surface area contributed by atoms with E-state index in [2.05, 4.69) is 17.0 Å². The number of rotatable bonds is 6. The smallest absolute Gasteiger partial charge is 0.273 e. The predicted octanol–water partition coefficient (Wildman–Crippen LogP) is 3.52. The number of para-hydroxylation sites is 3. The highest BCUT2D eigenvalue weighted by Crippen LogP contribution is 2.36. The van der Waals surface area contributed by atoms with Crippen molar-refractivity contribution in [1.29, 1.82) is 0 Å². The number of carbonyl (C=O) groups excluding carboxylic acids is 1. The molecule has 1 atom stereocenters. The number of morpholine rings is 1. The van der Waals surface area contributed by atoms with Gasteiger partial charge in [0.05, 0.1) is 23.4 Å². The standard InChI is InChI=1S/C23H25N3O4S2/c1-31-19-7-4-8-20-21(19)24-23(32-20)26(10-9-25-11-13-28-14-12-25)22(27)18-15-29-16-5-2-3-6-17(16)30-18/h2-8,18H,9-15H2,1H3. The van der Waals surface area contributed by atoms with Crippen molar-refractivity contribution in [3.05, 3.63) is 42.5 Å². The summed E-state index contributed by atoms with van der Waals surface area (Å²) in [6.07, 6.45) is 1.33. The van der Waals surface area contributed by atoms with Crippen molar-refractivity contribution in [3.8, 4) is 11.5 Å². The maximum absolute atomic E-state index is 13.7. The van der Waals surface area contributed by atoms with Gasteiger partial charge in [-0.3, -0.25) is 14.6 Å². The molecule has 1 saturated heterocycles. The van der Waals surface area contributed by atoms with E-state index in [4.69, 9.17) is 19.2 Å². The van der Waals surface area contributed by atoms with Gasteiger partial charge in [-0.25, -0.2) is 4.98 Å². The van der Waals surface area contributed by atoms with Crippen LogP contribution in [-0.2, 0) is 9.53 Å². The summed E-state index contributed by atoms with van der Waals surface area (Å²) in [6, 6.07) is 13.6. The molecule has 3 heterocycles. The Kier molecular flexibility index (Phi) is 6.49. The number of hydrogen-bond donors (Lipinski definition) is 0. The van der Waals surface area contributed by atoms with Crippen molar-refractivity contribution in [2.45, 2.75) is 11.0 Å². The second kappa shape index (κ2) is 9.66. The van der Waals surface area contributed by atoms with Gasteiger partial charge in [-0.1, -0.05) is 29.5 Å². The minimum absolute atomic E-state index is 0.127. The first kappa shape index (κ1) is 21.5. The molecule has 1 unspecified atom stereocenters. The third-order valence-electron chi connectivity index (χ3n) is 5.62. The number of benzene rings is 2. The van der Waals surface area contributed by atoms with E-state index < -0.39 is 6.10 Å². The van der Waals surface area contributed by atoms with Gasteiger partial charge in [0.1, 0.15) is 6.61 Å². The van der Waals surface area contributed by atoms with Crippen LogP contribution in [0.4, 0.5) is 5.13 Å². The van der Waals surface area contributed by atoms with Gasteiger partial charge in [-0.2, -0.15) is 0 Å². The summed E-state index contributed by atoms with van der Waals surface area (Å²) < 4.78 is 18.4. The molecule has 1 fully saturated rings. The van der Waals surface area contributed by atoms with E-state index in [-0.39, 0.29) is 12.5 Å². The molecule has 5 rings (SSSR count). The van der Waals surface area contributed by atoms with Crippen LogP contribution < -0.4 is 14.4 Å². The van der Waals surface area contributed by atoms with Crippen LogP contribution in [0.25, 0.3) is 10.2 Å². The first-order chi connectivity index (χ1) is 15.7. The van der Waals surface area contributed by atoms with Crippen molar-refractivity contribution in [2.75, 3.05) is 57.2 Å². The highest BCUT2D eigenvalue weighted by molar-refractivity contribution is 7.98. The lowest BCUT2D eigenvalue weighted by molar-refractivity contribution is -0.127. The fraction of sp³-hybridized carbons (Fsp3) is 0.391. The Labute approximate surface area is 195 Å². The number of ether oxygens (including phenoxy) is 3. The zero-order valence-electron chi connectivity index (χ0n) is 17.9. The zero-order valence-corrected chi connectivity index (χ0v) is 19.5. The molecule has 0 bridgehead atoms. The molecule has 0 aliphatic carbocycles. The molecular formula is C23H25N3O4S2. The lowest BCUT2D eigenvalue weighted by Gasteiger charge is -2.32. The lowest BCUT2D eigenvalue weighted by Crippen LogP contribution is -2.49. The Morgan fingerprint density at radius 1 is 1.19 bits per heavy atom. The van der Waals surface area contributed by atoms with Crippen LogP contribution in [0.5, 0.6) is 11.5 Å². The fourth-order valence-corrected chi connectivity index (χ4v) is 5.53. The number of thioether (sulfide) groups is 1. The topological polar surface area (TPSA) is 64.1 Å². The molecule has 2 aromatic carbocycles. The predicted molar refractivity (Wildman–Crippen MR) is 127 cm³/mol. The molecule has 0 spiro atoms. The largest absolute Gasteiger partial charge is 0.485 e. The average molecular weight is 472 g/mol. The van der Waals surface area contributed by atoms with Crippen LogP contribution in [0, 0.1) is 0 Å². The molecule has 1 amide bonds. The average Bonchev–Trinajstić information content (AvgIpc) is 3.28. The minimum Gasteiger partial charge on any atom is -0.485 e. The van der Waals surface area contributed by atoms with Crippen LogP contribution in [0.15, 0.2) is 47.4 Å². The van der Waals surface area contributed by atoms with Crippen LogP contribution in [-0.4, -0.2) is 74.2 Å². The Morgan fingerprint density at radius 2 is 2.00 bits per heavy atom. The van der Waals surface area contributed by atoms with Gasteiger partial charge in [0.2, 0.25) is 6.10 Å². The number of fused-ring (bicyclic) bond motifs is 2. The van der Waals surface area contributed by atoms with Crippen LogP contribution >= 0.6 is 23.1 Å². The number of carbonyl (C=O) groups is 1. The number of anilines is 1. The van der Waals surface area contributed by atoms with Crippen molar-refractivity contribution in [2.24, 2.45) is 0 Å². The molecule has 0 saturated carbocycles. The van der Waals surface area contributed by atoms with Gasteiger partial charge >= 0.3 is 0 Å². The molecule has 2 aliphatic rings. The first-order valence-corrected chi connectivity index (χ1v) is 12.7. The maximum Gasteiger partial charge on any atom is 0.273 e. The summed E-state index contributed by atoms with van der Waals surface area (Å²) in [5.41, 5.74) is 0.940. The van der Waals surface area contributed by atoms with Crippen molar-refractivity contribution in [3.63, 3.8) is 0 Å². The molecule has 1 aromatic heterocycles. The SMILES string of the molecule is CSc1cccc2sc(N(CCN3CCOCC3)C(=O)C3COc4ccccc4O3)nc12. The van der Waals surface area contributed by atoms with Gasteiger partial charge < -0.3 is 14.2 Å². The van der Waals surface area contributed by atoms with Gasteiger partial charge in [-0.05, 0) is 30.5 Å². The van der Waals surface area contributed by atoms with Gasteiger partial charge in [-0.15, -0.1) is 11.8 Å². The summed E-state index contributed by atoms with van der Waals surface area (Å²) in [5.74, 6) is 1.14. The quantitative estimate of drug-likeness (QED) is 0.510. The summed E-state index contributed by atoms with van der Waals surface area (Å²) in [6.45, 7) is 4.67. The molecule has 2 aliphatic heterocycles.